The van der Waals surface area contributed by atoms with Crippen molar-refractivity contribution in [2.45, 2.75) is 43.0 Å². The molecule has 8 nitrogen and oxygen atoms in total. The van der Waals surface area contributed by atoms with Crippen molar-refractivity contribution in [1.29, 1.82) is 0 Å². The highest BCUT2D eigenvalue weighted by Crippen LogP contribution is 2.45. The van der Waals surface area contributed by atoms with E-state index in [0.29, 0.717) is 11.1 Å². The van der Waals surface area contributed by atoms with E-state index in [4.69, 9.17) is 9.47 Å². The van der Waals surface area contributed by atoms with Crippen LogP contribution in [0.3, 0.4) is 0 Å². The van der Waals surface area contributed by atoms with Gasteiger partial charge >= 0.3 is 11.9 Å². The minimum Gasteiger partial charge on any atom is -0.453 e. The number of thiophene rings is 1. The van der Waals surface area contributed by atoms with Gasteiger partial charge in [0.25, 0.3) is 0 Å². The predicted octanol–water partition coefficient (Wildman–Crippen LogP) is 5.58. The highest BCUT2D eigenvalue weighted by Gasteiger charge is 2.57. The molecule has 0 spiro atoms. The van der Waals surface area contributed by atoms with Crippen LogP contribution in [-0.2, 0) is 35.1 Å². The van der Waals surface area contributed by atoms with E-state index >= 15 is 0 Å². The molecule has 3 aromatic carbocycles. The number of esters is 2. The Kier molecular flexibility index (Phi) is 9.13. The zero-order valence-electron chi connectivity index (χ0n) is 24.3. The van der Waals surface area contributed by atoms with Gasteiger partial charge in [0.05, 0.1) is 6.42 Å². The number of β-lactam (4-membered cyclic amide) rings is 1. The SMILES string of the molecule is CC(=O)OC(C1=CS[C@@H]2[C@H](NC(=O)Cc3cccs3)C(=O)N2C1C(=O)OC(c1ccccc1)c1ccccc1)c1ccccc1. The molecule has 6 rings (SSSR count). The number of nitrogens with one attached hydrogen (secondary N) is 1. The lowest BCUT2D eigenvalue weighted by Gasteiger charge is -2.52. The summed E-state index contributed by atoms with van der Waals surface area (Å²) in [5, 5.41) is 5.96. The zero-order valence-corrected chi connectivity index (χ0v) is 25.9. The molecule has 228 valence electrons. The van der Waals surface area contributed by atoms with Gasteiger partial charge in [0.1, 0.15) is 11.4 Å². The van der Waals surface area contributed by atoms with Crippen molar-refractivity contribution in [3.8, 4) is 0 Å². The number of carbonyl (C=O) groups excluding carboxylic acids is 4. The predicted molar refractivity (Wildman–Crippen MR) is 172 cm³/mol. The summed E-state index contributed by atoms with van der Waals surface area (Å²) >= 11 is 2.76. The molecule has 2 aliphatic rings. The quantitative estimate of drug-likeness (QED) is 0.179. The molecule has 1 aromatic heterocycles. The van der Waals surface area contributed by atoms with Gasteiger partial charge in [-0.15, -0.1) is 23.1 Å². The molecule has 2 amide bonds. The number of amides is 2. The third kappa shape index (κ3) is 6.57. The summed E-state index contributed by atoms with van der Waals surface area (Å²) in [5.74, 6) is -1.90. The monoisotopic (exact) mass is 638 g/mol. The maximum atomic E-state index is 14.4. The van der Waals surface area contributed by atoms with E-state index in [0.717, 1.165) is 16.0 Å². The molecule has 1 N–H and O–H groups in total. The number of ether oxygens (including phenoxy) is 2. The van der Waals surface area contributed by atoms with Crippen LogP contribution < -0.4 is 5.32 Å². The molecule has 4 aromatic rings. The number of hydrogen-bond donors (Lipinski definition) is 1. The molecule has 1 saturated heterocycles. The van der Waals surface area contributed by atoms with E-state index in [1.807, 2.05) is 96.4 Å². The molecule has 3 heterocycles. The Balaban J connectivity index is 1.34. The number of hydrogen-bond acceptors (Lipinski definition) is 8. The van der Waals surface area contributed by atoms with Crippen LogP contribution in [0.25, 0.3) is 0 Å². The van der Waals surface area contributed by atoms with Gasteiger partial charge in [0, 0.05) is 17.4 Å². The van der Waals surface area contributed by atoms with Gasteiger partial charge < -0.3 is 19.7 Å². The molecule has 4 atom stereocenters. The van der Waals surface area contributed by atoms with Crippen molar-refractivity contribution in [3.63, 3.8) is 0 Å². The number of nitrogens with zero attached hydrogens (tertiary/aromatic N) is 1. The van der Waals surface area contributed by atoms with Gasteiger partial charge in [-0.1, -0.05) is 97.1 Å². The van der Waals surface area contributed by atoms with Crippen LogP contribution >= 0.6 is 23.1 Å². The fourth-order valence-corrected chi connectivity index (χ4v) is 7.50. The van der Waals surface area contributed by atoms with E-state index in [1.54, 1.807) is 17.5 Å². The molecule has 2 aliphatic heterocycles. The van der Waals surface area contributed by atoms with Crippen molar-refractivity contribution < 1.29 is 28.7 Å². The summed E-state index contributed by atoms with van der Waals surface area (Å²) in [6, 6.07) is 29.5. The summed E-state index contributed by atoms with van der Waals surface area (Å²) in [7, 11) is 0. The lowest BCUT2D eigenvalue weighted by molar-refractivity contribution is -0.167. The van der Waals surface area contributed by atoms with Gasteiger partial charge in [-0.2, -0.15) is 0 Å². The molecular weight excluding hydrogens is 609 g/mol. The Morgan fingerprint density at radius 3 is 1.91 bits per heavy atom. The molecule has 45 heavy (non-hydrogen) atoms. The van der Waals surface area contributed by atoms with Crippen LogP contribution in [0, 0.1) is 0 Å². The van der Waals surface area contributed by atoms with Gasteiger partial charge in [0.2, 0.25) is 11.8 Å². The van der Waals surface area contributed by atoms with Gasteiger partial charge in [-0.05, 0) is 33.5 Å². The fraction of sp³-hybridized carbons (Fsp3) is 0.200. The minimum absolute atomic E-state index is 0.157. The average Bonchev–Trinajstić information content (AvgIpc) is 3.58. The second-order valence-corrected chi connectivity index (χ2v) is 12.7. The second kappa shape index (κ2) is 13.5. The summed E-state index contributed by atoms with van der Waals surface area (Å²) in [6.07, 6.45) is -1.54. The van der Waals surface area contributed by atoms with E-state index < -0.39 is 47.5 Å². The average molecular weight is 639 g/mol. The van der Waals surface area contributed by atoms with Crippen LogP contribution in [0.2, 0.25) is 0 Å². The van der Waals surface area contributed by atoms with Crippen LogP contribution in [0.15, 0.2) is 119 Å². The Hall–Kier alpha value is -4.67. The van der Waals surface area contributed by atoms with Crippen molar-refractivity contribution in [2.24, 2.45) is 0 Å². The van der Waals surface area contributed by atoms with Crippen molar-refractivity contribution >= 4 is 46.9 Å². The first kappa shape index (κ1) is 30.4. The first-order chi connectivity index (χ1) is 21.9. The normalized spacial score (nSPS) is 19.5. The number of benzene rings is 3. The summed E-state index contributed by atoms with van der Waals surface area (Å²) in [6.45, 7) is 1.30. The van der Waals surface area contributed by atoms with Crippen molar-refractivity contribution in [2.75, 3.05) is 0 Å². The molecule has 2 unspecified atom stereocenters. The van der Waals surface area contributed by atoms with E-state index in [2.05, 4.69) is 5.32 Å². The van der Waals surface area contributed by atoms with E-state index in [9.17, 15) is 19.2 Å². The topological polar surface area (TPSA) is 102 Å². The Morgan fingerprint density at radius 2 is 1.38 bits per heavy atom. The first-order valence-electron chi connectivity index (χ1n) is 14.4. The molecular formula is C35H30N2O6S2. The molecule has 1 fully saturated rings. The number of thioether (sulfide) groups is 1. The van der Waals surface area contributed by atoms with Gasteiger partial charge in [-0.25, -0.2) is 4.79 Å². The van der Waals surface area contributed by atoms with Crippen LogP contribution in [-0.4, -0.2) is 46.1 Å². The number of fused-ring (bicyclic) bond motifs is 1. The van der Waals surface area contributed by atoms with Gasteiger partial charge in [-0.3, -0.25) is 14.4 Å². The largest absolute Gasteiger partial charge is 0.453 e. The highest BCUT2D eigenvalue weighted by atomic mass is 32.2. The lowest BCUT2D eigenvalue weighted by atomic mass is 9.91. The smallest absolute Gasteiger partial charge is 0.334 e. The molecule has 0 aliphatic carbocycles. The number of carbonyl (C=O) groups is 4. The molecule has 0 radical (unpaired) electrons. The zero-order chi connectivity index (χ0) is 31.3. The third-order valence-electron chi connectivity index (χ3n) is 7.60. The van der Waals surface area contributed by atoms with Crippen molar-refractivity contribution in [3.05, 3.63) is 141 Å². The molecule has 10 heteroatoms. The standard InChI is InChI=1S/C35H30N2O6S2/c1-22(38)42-32(25-16-9-4-10-17-25)27-21-45-34-29(36-28(39)20-26-18-11-19-44-26)33(40)37(34)30(27)35(41)43-31(23-12-5-2-6-13-23)24-14-7-3-8-15-24/h2-19,21,29-32,34H,20H2,1H3,(H,36,39)/t29-,30?,32?,34-/m1/s1. The highest BCUT2D eigenvalue weighted by molar-refractivity contribution is 8.03. The number of rotatable bonds is 10. The van der Waals surface area contributed by atoms with Crippen LogP contribution in [0.4, 0.5) is 0 Å². The second-order valence-electron chi connectivity index (χ2n) is 10.6. The maximum Gasteiger partial charge on any atom is 0.334 e. The summed E-state index contributed by atoms with van der Waals surface area (Å²) in [4.78, 5) is 55.6. The minimum atomic E-state index is -1.20. The Labute approximate surface area is 269 Å². The molecule has 0 saturated carbocycles. The Bertz CT molecular complexity index is 1660. The maximum absolute atomic E-state index is 14.4. The lowest BCUT2D eigenvalue weighted by Crippen LogP contribution is -2.74. The van der Waals surface area contributed by atoms with Crippen LogP contribution in [0.1, 0.15) is 40.7 Å². The van der Waals surface area contributed by atoms with E-state index in [1.165, 1.54) is 34.9 Å². The van der Waals surface area contributed by atoms with Crippen LogP contribution in [0.5, 0.6) is 0 Å². The molecule has 0 bridgehead atoms. The van der Waals surface area contributed by atoms with Gasteiger partial charge in [0.15, 0.2) is 18.2 Å². The third-order valence-corrected chi connectivity index (χ3v) is 9.66. The van der Waals surface area contributed by atoms with E-state index in [-0.39, 0.29) is 12.3 Å². The van der Waals surface area contributed by atoms with Crippen molar-refractivity contribution in [1.82, 2.24) is 10.2 Å². The Morgan fingerprint density at radius 1 is 0.800 bits per heavy atom. The fourth-order valence-electron chi connectivity index (χ4n) is 5.55. The summed E-state index contributed by atoms with van der Waals surface area (Å²) in [5.41, 5.74) is 2.57. The first-order valence-corrected chi connectivity index (χ1v) is 16.2. The summed E-state index contributed by atoms with van der Waals surface area (Å²) < 4.78 is 12.1.